The number of carbonyl (C=O) groups is 1. The zero-order valence-corrected chi connectivity index (χ0v) is 18.4. The molecule has 2 unspecified atom stereocenters. The molecule has 4 rings (SSSR count). The van der Waals surface area contributed by atoms with Crippen LogP contribution >= 0.6 is 0 Å². The topological polar surface area (TPSA) is 44.8 Å². The number of rotatable bonds is 5. The van der Waals surface area contributed by atoms with Crippen LogP contribution in [0.4, 0.5) is 0 Å². The summed E-state index contributed by atoms with van der Waals surface area (Å²) in [6, 6.07) is 14.5. The van der Waals surface area contributed by atoms with Gasteiger partial charge in [-0.15, -0.1) is 0 Å². The van der Waals surface area contributed by atoms with Crippen LogP contribution in [0.2, 0.25) is 0 Å². The summed E-state index contributed by atoms with van der Waals surface area (Å²) < 4.78 is 5.22. The number of piperazine rings is 1. The van der Waals surface area contributed by atoms with Crippen molar-refractivity contribution >= 4 is 5.91 Å². The minimum absolute atomic E-state index is 0.0104. The predicted molar refractivity (Wildman–Crippen MR) is 120 cm³/mol. The normalized spacial score (nSPS) is 21.0. The second-order valence-corrected chi connectivity index (χ2v) is 8.63. The van der Waals surface area contributed by atoms with Crippen LogP contribution in [-0.4, -0.2) is 56.0 Å². The average Bonchev–Trinajstić information content (AvgIpc) is 2.79. The minimum Gasteiger partial charge on any atom is -0.497 e. The first kappa shape index (κ1) is 20.9. The summed E-state index contributed by atoms with van der Waals surface area (Å²) in [6.07, 6.45) is 3.53. The summed E-state index contributed by atoms with van der Waals surface area (Å²) in [7, 11) is 3.85. The van der Waals surface area contributed by atoms with Gasteiger partial charge in [-0.3, -0.25) is 9.69 Å². The van der Waals surface area contributed by atoms with E-state index in [1.54, 1.807) is 7.11 Å². The molecule has 1 aliphatic carbocycles. The van der Waals surface area contributed by atoms with E-state index >= 15 is 0 Å². The predicted octanol–water partition coefficient (Wildman–Crippen LogP) is 3.81. The maximum Gasteiger partial charge on any atom is 0.251 e. The molecule has 2 aromatic carbocycles. The zero-order chi connectivity index (χ0) is 21.1. The van der Waals surface area contributed by atoms with Crippen LogP contribution < -0.4 is 10.1 Å². The maximum atomic E-state index is 13.0. The molecule has 0 aromatic heterocycles. The van der Waals surface area contributed by atoms with Crippen molar-refractivity contribution in [3.05, 3.63) is 64.7 Å². The second kappa shape index (κ2) is 9.19. The van der Waals surface area contributed by atoms with Crippen molar-refractivity contribution in [3.63, 3.8) is 0 Å². The van der Waals surface area contributed by atoms with Crippen LogP contribution in [0.5, 0.6) is 5.75 Å². The number of amides is 1. The molecule has 1 N–H and O–H groups in total. The molecule has 2 aliphatic rings. The number of benzene rings is 2. The van der Waals surface area contributed by atoms with Gasteiger partial charge in [-0.25, -0.2) is 0 Å². The molecule has 5 heteroatoms. The summed E-state index contributed by atoms with van der Waals surface area (Å²) in [5.41, 5.74) is 4.59. The van der Waals surface area contributed by atoms with Gasteiger partial charge in [0, 0.05) is 37.8 Å². The summed E-state index contributed by atoms with van der Waals surface area (Å²) in [5.74, 6) is 0.811. The van der Waals surface area contributed by atoms with Gasteiger partial charge in [0.2, 0.25) is 0 Å². The van der Waals surface area contributed by atoms with Crippen LogP contribution in [0.3, 0.4) is 0 Å². The Hall–Kier alpha value is -2.37. The molecular formula is C25H33N3O2. The molecular weight excluding hydrogens is 374 g/mol. The van der Waals surface area contributed by atoms with Crippen molar-refractivity contribution in [1.29, 1.82) is 0 Å². The van der Waals surface area contributed by atoms with Crippen LogP contribution in [0.15, 0.2) is 42.5 Å². The molecule has 0 radical (unpaired) electrons. The Labute approximate surface area is 180 Å². The summed E-state index contributed by atoms with van der Waals surface area (Å²) in [4.78, 5) is 18.0. The molecule has 1 amide bonds. The van der Waals surface area contributed by atoms with E-state index in [9.17, 15) is 4.79 Å². The van der Waals surface area contributed by atoms with Gasteiger partial charge >= 0.3 is 0 Å². The molecule has 2 atom stereocenters. The Kier molecular flexibility index (Phi) is 6.40. The second-order valence-electron chi connectivity index (χ2n) is 8.63. The molecule has 1 fully saturated rings. The van der Waals surface area contributed by atoms with Crippen molar-refractivity contribution in [2.75, 3.05) is 40.3 Å². The number of nitrogens with zero attached hydrogens (tertiary/aromatic N) is 2. The summed E-state index contributed by atoms with van der Waals surface area (Å²) >= 11 is 0. The molecule has 5 nitrogen and oxygen atoms in total. The first-order valence-corrected chi connectivity index (χ1v) is 11.1. The molecule has 0 saturated carbocycles. The Morgan fingerprint density at radius 3 is 2.53 bits per heavy atom. The average molecular weight is 408 g/mol. The van der Waals surface area contributed by atoms with E-state index in [0.29, 0.717) is 6.04 Å². The Balaban J connectivity index is 1.49. The largest absolute Gasteiger partial charge is 0.497 e. The first-order valence-electron chi connectivity index (χ1n) is 11.1. The van der Waals surface area contributed by atoms with Crippen molar-refractivity contribution in [2.45, 2.75) is 38.3 Å². The lowest BCUT2D eigenvalue weighted by Gasteiger charge is -2.40. The van der Waals surface area contributed by atoms with E-state index in [4.69, 9.17) is 4.74 Å². The number of hydrogen-bond donors (Lipinski definition) is 1. The van der Waals surface area contributed by atoms with E-state index in [0.717, 1.165) is 49.5 Å². The number of fused-ring (bicyclic) bond motifs is 1. The molecule has 1 saturated heterocycles. The number of carbonyl (C=O) groups excluding carboxylic acids is 1. The molecule has 1 heterocycles. The molecule has 0 bridgehead atoms. The highest BCUT2D eigenvalue weighted by molar-refractivity contribution is 5.94. The van der Waals surface area contributed by atoms with Crippen LogP contribution in [0.25, 0.3) is 0 Å². The lowest BCUT2D eigenvalue weighted by molar-refractivity contribution is 0.0937. The highest BCUT2D eigenvalue weighted by Crippen LogP contribution is 2.35. The third-order valence-corrected chi connectivity index (χ3v) is 6.63. The van der Waals surface area contributed by atoms with Gasteiger partial charge in [0.25, 0.3) is 5.91 Å². The standard InChI is InChI=1S/C25H33N3O2/c1-18(19-9-11-22(30-3)12-10-19)26-25(29)21-8-7-20-5-4-6-24(23(20)17-21)28-15-13-27(2)14-16-28/h7-12,17-18,24H,4-6,13-16H2,1-3H3,(H,26,29). The van der Waals surface area contributed by atoms with Crippen LogP contribution in [0, 0.1) is 0 Å². The van der Waals surface area contributed by atoms with Gasteiger partial charge < -0.3 is 15.0 Å². The molecule has 1 aliphatic heterocycles. The lowest BCUT2D eigenvalue weighted by atomic mass is 9.85. The number of aryl methyl sites for hydroxylation is 1. The van der Waals surface area contributed by atoms with Gasteiger partial charge in [-0.05, 0) is 74.2 Å². The Morgan fingerprint density at radius 2 is 1.83 bits per heavy atom. The monoisotopic (exact) mass is 407 g/mol. The fourth-order valence-electron chi connectivity index (χ4n) is 4.68. The van der Waals surface area contributed by atoms with E-state index in [1.165, 1.54) is 24.0 Å². The van der Waals surface area contributed by atoms with Gasteiger partial charge in [0.15, 0.2) is 0 Å². The number of methoxy groups -OCH3 is 1. The van der Waals surface area contributed by atoms with Gasteiger partial charge in [0.05, 0.1) is 13.2 Å². The van der Waals surface area contributed by atoms with E-state index < -0.39 is 0 Å². The van der Waals surface area contributed by atoms with Crippen molar-refractivity contribution in [1.82, 2.24) is 15.1 Å². The maximum absolute atomic E-state index is 13.0. The van der Waals surface area contributed by atoms with E-state index in [1.807, 2.05) is 37.3 Å². The third kappa shape index (κ3) is 4.52. The first-order chi connectivity index (χ1) is 14.5. The molecule has 2 aromatic rings. The number of hydrogen-bond acceptors (Lipinski definition) is 4. The lowest BCUT2D eigenvalue weighted by Crippen LogP contribution is -2.46. The highest BCUT2D eigenvalue weighted by atomic mass is 16.5. The van der Waals surface area contributed by atoms with Gasteiger partial charge in [-0.2, -0.15) is 0 Å². The highest BCUT2D eigenvalue weighted by Gasteiger charge is 2.28. The van der Waals surface area contributed by atoms with Crippen molar-refractivity contribution in [3.8, 4) is 5.75 Å². The Bertz CT molecular complexity index is 872. The van der Waals surface area contributed by atoms with Gasteiger partial charge in [-0.1, -0.05) is 18.2 Å². The summed E-state index contributed by atoms with van der Waals surface area (Å²) in [6.45, 7) is 6.46. The van der Waals surface area contributed by atoms with Crippen LogP contribution in [0.1, 0.15) is 58.9 Å². The smallest absolute Gasteiger partial charge is 0.251 e. The van der Waals surface area contributed by atoms with Crippen LogP contribution in [-0.2, 0) is 6.42 Å². The molecule has 30 heavy (non-hydrogen) atoms. The minimum atomic E-state index is -0.0622. The fourth-order valence-corrected chi connectivity index (χ4v) is 4.68. The SMILES string of the molecule is COc1ccc(C(C)NC(=O)c2ccc3c(c2)C(N2CCN(C)CC2)CCC3)cc1. The fraction of sp³-hybridized carbons (Fsp3) is 0.480. The number of likely N-dealkylation sites (N-methyl/N-ethyl adjacent to an activating group) is 1. The van der Waals surface area contributed by atoms with Gasteiger partial charge in [0.1, 0.15) is 5.75 Å². The summed E-state index contributed by atoms with van der Waals surface area (Å²) in [5, 5.41) is 3.16. The quantitative estimate of drug-likeness (QED) is 0.819. The zero-order valence-electron chi connectivity index (χ0n) is 18.4. The number of ether oxygens (including phenoxy) is 1. The third-order valence-electron chi connectivity index (χ3n) is 6.63. The van der Waals surface area contributed by atoms with Crippen molar-refractivity contribution < 1.29 is 9.53 Å². The van der Waals surface area contributed by atoms with E-state index in [-0.39, 0.29) is 11.9 Å². The van der Waals surface area contributed by atoms with Crippen molar-refractivity contribution in [2.24, 2.45) is 0 Å². The molecule has 160 valence electrons. The Morgan fingerprint density at radius 1 is 1.10 bits per heavy atom. The molecule has 0 spiro atoms. The van der Waals surface area contributed by atoms with E-state index in [2.05, 4.69) is 34.3 Å². The number of nitrogens with one attached hydrogen (secondary N) is 1.